The number of hydrogen-bond donors (Lipinski definition) is 1. The average molecular weight is 322 g/mol. The van der Waals surface area contributed by atoms with Gasteiger partial charge >= 0.3 is 0 Å². The van der Waals surface area contributed by atoms with Crippen molar-refractivity contribution in [3.8, 4) is 0 Å². The second-order valence-corrected chi connectivity index (χ2v) is 7.33. The Morgan fingerprint density at radius 2 is 2.00 bits per heavy atom. The SMILES string of the molecule is CC(c1ccc(S(N)(=O)=O)cc1)N(C)C(=O)CC1C=CCC1. The number of carbonyl (C=O) groups excluding carboxylic acids is 1. The first-order valence-corrected chi connectivity index (χ1v) is 8.88. The van der Waals surface area contributed by atoms with Gasteiger partial charge in [-0.05, 0) is 43.4 Å². The average Bonchev–Trinajstić information content (AvgIpc) is 2.97. The van der Waals surface area contributed by atoms with E-state index in [1.54, 1.807) is 24.1 Å². The zero-order valence-corrected chi connectivity index (χ0v) is 13.7. The van der Waals surface area contributed by atoms with Gasteiger partial charge in [-0.1, -0.05) is 24.3 Å². The fourth-order valence-electron chi connectivity index (χ4n) is 2.61. The highest BCUT2D eigenvalue weighted by molar-refractivity contribution is 7.89. The molecule has 2 rings (SSSR count). The van der Waals surface area contributed by atoms with Crippen molar-refractivity contribution < 1.29 is 13.2 Å². The Kier molecular flexibility index (Phi) is 5.03. The van der Waals surface area contributed by atoms with Crippen molar-refractivity contribution in [2.75, 3.05) is 7.05 Å². The van der Waals surface area contributed by atoms with E-state index in [1.807, 2.05) is 6.92 Å². The molecule has 2 atom stereocenters. The van der Waals surface area contributed by atoms with Gasteiger partial charge in [0, 0.05) is 13.5 Å². The molecule has 2 unspecified atom stereocenters. The summed E-state index contributed by atoms with van der Waals surface area (Å²) < 4.78 is 22.5. The lowest BCUT2D eigenvalue weighted by Gasteiger charge is -2.26. The van der Waals surface area contributed by atoms with Crippen molar-refractivity contribution in [2.45, 2.75) is 37.1 Å². The zero-order valence-electron chi connectivity index (χ0n) is 12.9. The summed E-state index contributed by atoms with van der Waals surface area (Å²) in [4.78, 5) is 14.1. The Balaban J connectivity index is 2.04. The van der Waals surface area contributed by atoms with E-state index in [0.29, 0.717) is 12.3 Å². The predicted molar refractivity (Wildman–Crippen MR) is 85.5 cm³/mol. The van der Waals surface area contributed by atoms with Crippen LogP contribution in [0.25, 0.3) is 0 Å². The summed E-state index contributed by atoms with van der Waals surface area (Å²) >= 11 is 0. The van der Waals surface area contributed by atoms with E-state index in [4.69, 9.17) is 5.14 Å². The molecule has 2 N–H and O–H groups in total. The van der Waals surface area contributed by atoms with Crippen LogP contribution in [0, 0.1) is 5.92 Å². The van der Waals surface area contributed by atoms with Crippen LogP contribution in [0.15, 0.2) is 41.3 Å². The molecule has 6 heteroatoms. The molecule has 0 heterocycles. The number of hydrogen-bond acceptors (Lipinski definition) is 3. The van der Waals surface area contributed by atoms with E-state index in [2.05, 4.69) is 12.2 Å². The van der Waals surface area contributed by atoms with Gasteiger partial charge in [0.2, 0.25) is 15.9 Å². The third-order valence-electron chi connectivity index (χ3n) is 4.21. The van der Waals surface area contributed by atoms with Crippen molar-refractivity contribution in [3.63, 3.8) is 0 Å². The lowest BCUT2D eigenvalue weighted by molar-refractivity contribution is -0.132. The molecule has 0 aromatic heterocycles. The summed E-state index contributed by atoms with van der Waals surface area (Å²) in [5.41, 5.74) is 0.880. The number of nitrogens with zero attached hydrogens (tertiary/aromatic N) is 1. The molecule has 1 aromatic rings. The van der Waals surface area contributed by atoms with Crippen LogP contribution in [0.1, 0.15) is 37.8 Å². The standard InChI is InChI=1S/C16H22N2O3S/c1-12(14-7-9-15(10-8-14)22(17,20)21)18(2)16(19)11-13-5-3-4-6-13/h3,5,7-10,12-13H,4,6,11H2,1-2H3,(H2,17,20,21). The summed E-state index contributed by atoms with van der Waals surface area (Å²) in [6.45, 7) is 1.92. The number of benzene rings is 1. The molecular weight excluding hydrogens is 300 g/mol. The Labute approximate surface area is 131 Å². The molecule has 1 aliphatic carbocycles. The third-order valence-corrected chi connectivity index (χ3v) is 5.14. The van der Waals surface area contributed by atoms with E-state index < -0.39 is 10.0 Å². The number of allylic oxidation sites excluding steroid dienone is 2. The Morgan fingerprint density at radius 1 is 1.36 bits per heavy atom. The van der Waals surface area contributed by atoms with Crippen LogP contribution in [-0.4, -0.2) is 26.3 Å². The molecular formula is C16H22N2O3S. The van der Waals surface area contributed by atoms with E-state index in [0.717, 1.165) is 18.4 Å². The molecule has 1 amide bonds. The zero-order chi connectivity index (χ0) is 16.3. The highest BCUT2D eigenvalue weighted by atomic mass is 32.2. The van der Waals surface area contributed by atoms with Crippen LogP contribution >= 0.6 is 0 Å². The minimum Gasteiger partial charge on any atom is -0.339 e. The lowest BCUT2D eigenvalue weighted by atomic mass is 10.0. The van der Waals surface area contributed by atoms with Gasteiger partial charge in [0.05, 0.1) is 10.9 Å². The van der Waals surface area contributed by atoms with Crippen molar-refractivity contribution in [1.82, 2.24) is 4.90 Å². The Bertz CT molecular complexity index is 665. The molecule has 0 spiro atoms. The monoisotopic (exact) mass is 322 g/mol. The molecule has 120 valence electrons. The second-order valence-electron chi connectivity index (χ2n) is 5.76. The van der Waals surface area contributed by atoms with Crippen molar-refractivity contribution in [2.24, 2.45) is 11.1 Å². The number of rotatable bonds is 5. The highest BCUT2D eigenvalue weighted by Gasteiger charge is 2.21. The van der Waals surface area contributed by atoms with E-state index in [9.17, 15) is 13.2 Å². The topological polar surface area (TPSA) is 80.5 Å². The third kappa shape index (κ3) is 3.96. The van der Waals surface area contributed by atoms with Crippen molar-refractivity contribution in [3.05, 3.63) is 42.0 Å². The first-order valence-electron chi connectivity index (χ1n) is 7.34. The van der Waals surface area contributed by atoms with E-state index >= 15 is 0 Å². The smallest absolute Gasteiger partial charge is 0.238 e. The maximum atomic E-state index is 12.3. The van der Waals surface area contributed by atoms with Gasteiger partial charge < -0.3 is 4.90 Å². The quantitative estimate of drug-likeness (QED) is 0.844. The predicted octanol–water partition coefficient (Wildman–Crippen LogP) is 2.21. The minimum absolute atomic E-state index is 0.0773. The van der Waals surface area contributed by atoms with Crippen molar-refractivity contribution >= 4 is 15.9 Å². The molecule has 5 nitrogen and oxygen atoms in total. The molecule has 0 radical (unpaired) electrons. The highest BCUT2D eigenvalue weighted by Crippen LogP contribution is 2.25. The van der Waals surface area contributed by atoms with E-state index in [1.165, 1.54) is 12.1 Å². The summed E-state index contributed by atoms with van der Waals surface area (Å²) in [6.07, 6.45) is 6.83. The number of carbonyl (C=O) groups is 1. The number of primary sulfonamides is 1. The second kappa shape index (κ2) is 6.62. The van der Waals surface area contributed by atoms with Crippen molar-refractivity contribution in [1.29, 1.82) is 0 Å². The fraction of sp³-hybridized carbons (Fsp3) is 0.438. The van der Waals surface area contributed by atoms with Crippen LogP contribution in [0.5, 0.6) is 0 Å². The van der Waals surface area contributed by atoms with Gasteiger partial charge in [0.15, 0.2) is 0 Å². The molecule has 0 fully saturated rings. The molecule has 1 aromatic carbocycles. The molecule has 0 saturated carbocycles. The first-order chi connectivity index (χ1) is 10.3. The van der Waals surface area contributed by atoms with Crippen LogP contribution < -0.4 is 5.14 Å². The van der Waals surface area contributed by atoms with Gasteiger partial charge in [-0.3, -0.25) is 4.79 Å². The van der Waals surface area contributed by atoms with Gasteiger partial charge in [-0.25, -0.2) is 13.6 Å². The largest absolute Gasteiger partial charge is 0.339 e. The molecule has 0 bridgehead atoms. The normalized spacial score (nSPS) is 19.1. The Morgan fingerprint density at radius 3 is 2.50 bits per heavy atom. The van der Waals surface area contributed by atoms with Gasteiger partial charge in [0.1, 0.15) is 0 Å². The first kappa shape index (κ1) is 16.7. The number of sulfonamides is 1. The van der Waals surface area contributed by atoms with Crippen LogP contribution in [-0.2, 0) is 14.8 Å². The number of amides is 1. The molecule has 1 aliphatic rings. The van der Waals surface area contributed by atoms with Gasteiger partial charge in [-0.2, -0.15) is 0 Å². The van der Waals surface area contributed by atoms with Gasteiger partial charge in [-0.15, -0.1) is 0 Å². The van der Waals surface area contributed by atoms with Crippen LogP contribution in [0.3, 0.4) is 0 Å². The molecule has 0 aliphatic heterocycles. The summed E-state index contributed by atoms with van der Waals surface area (Å²) in [6, 6.07) is 6.22. The minimum atomic E-state index is -3.69. The lowest BCUT2D eigenvalue weighted by Crippen LogP contribution is -2.30. The maximum Gasteiger partial charge on any atom is 0.238 e. The molecule has 22 heavy (non-hydrogen) atoms. The summed E-state index contributed by atoms with van der Waals surface area (Å²) in [5, 5.41) is 5.08. The van der Waals surface area contributed by atoms with E-state index in [-0.39, 0.29) is 16.8 Å². The summed E-state index contributed by atoms with van der Waals surface area (Å²) in [7, 11) is -1.91. The van der Waals surface area contributed by atoms with Gasteiger partial charge in [0.25, 0.3) is 0 Å². The Hall–Kier alpha value is -1.66. The van der Waals surface area contributed by atoms with Crippen LogP contribution in [0.2, 0.25) is 0 Å². The maximum absolute atomic E-state index is 12.3. The fourth-order valence-corrected chi connectivity index (χ4v) is 3.12. The molecule has 0 saturated heterocycles. The summed E-state index contributed by atoms with van der Waals surface area (Å²) in [5.74, 6) is 0.437. The number of nitrogens with two attached hydrogens (primary N) is 1. The van der Waals surface area contributed by atoms with Crippen LogP contribution in [0.4, 0.5) is 0 Å².